The van der Waals surface area contributed by atoms with Crippen LogP contribution in [0, 0.1) is 11.7 Å². The van der Waals surface area contributed by atoms with Crippen LogP contribution >= 0.6 is 12.4 Å². The van der Waals surface area contributed by atoms with E-state index in [4.69, 9.17) is 15.2 Å². The van der Waals surface area contributed by atoms with Crippen molar-refractivity contribution in [3.63, 3.8) is 0 Å². The molecule has 2 aromatic rings. The summed E-state index contributed by atoms with van der Waals surface area (Å²) in [5, 5.41) is 9.49. The number of carboxylic acids is 1. The number of nitrogens with zero attached hydrogens (tertiary/aromatic N) is 2. The highest BCUT2D eigenvalue weighted by atomic mass is 35.5. The Kier molecular flexibility index (Phi) is 5.81. The van der Waals surface area contributed by atoms with Crippen molar-refractivity contribution in [1.29, 1.82) is 0 Å². The van der Waals surface area contributed by atoms with Crippen LogP contribution < -0.4 is 20.8 Å². The smallest absolute Gasteiger partial charge is 0.345 e. The van der Waals surface area contributed by atoms with Gasteiger partial charge in [0.2, 0.25) is 18.2 Å². The number of hydrogen-bond acceptors (Lipinski definition) is 6. The maximum absolute atomic E-state index is 15.2. The van der Waals surface area contributed by atoms with E-state index in [1.807, 2.05) is 4.90 Å². The molecule has 174 valence electrons. The van der Waals surface area contributed by atoms with Crippen LogP contribution in [-0.2, 0) is 4.74 Å². The molecule has 3 N–H and O–H groups in total. The predicted molar refractivity (Wildman–Crippen MR) is 115 cm³/mol. The van der Waals surface area contributed by atoms with E-state index in [2.05, 4.69) is 0 Å². The van der Waals surface area contributed by atoms with E-state index in [9.17, 15) is 19.1 Å². The Hall–Kier alpha value is -2.43. The number of carboxylic acid groups (broad SMARTS) is 1. The minimum Gasteiger partial charge on any atom is -0.477 e. The molecule has 2 aliphatic heterocycles. The van der Waals surface area contributed by atoms with Crippen LogP contribution in [0.5, 0.6) is 5.88 Å². The molecule has 1 aromatic carbocycles. The summed E-state index contributed by atoms with van der Waals surface area (Å²) >= 11 is 0. The molecule has 0 bridgehead atoms. The molecule has 1 saturated carbocycles. The Morgan fingerprint density at radius 3 is 2.69 bits per heavy atom. The molecule has 3 heterocycles. The highest BCUT2D eigenvalue weighted by Crippen LogP contribution is 2.44. The lowest BCUT2D eigenvalue weighted by Crippen LogP contribution is -2.44. The molecule has 1 aromatic heterocycles. The number of ether oxygens (including phenoxy) is 2. The van der Waals surface area contributed by atoms with Gasteiger partial charge in [-0.3, -0.25) is 4.79 Å². The van der Waals surface area contributed by atoms with Crippen LogP contribution in [-0.4, -0.2) is 54.3 Å². The van der Waals surface area contributed by atoms with Gasteiger partial charge in [-0.2, -0.15) is 0 Å². The summed E-state index contributed by atoms with van der Waals surface area (Å²) < 4.78 is 40.7. The third kappa shape index (κ3) is 3.32. The van der Waals surface area contributed by atoms with Crippen molar-refractivity contribution in [1.82, 2.24) is 4.57 Å². The number of fused-ring (bicyclic) bond motifs is 2. The van der Waals surface area contributed by atoms with Gasteiger partial charge in [-0.1, -0.05) is 0 Å². The number of pyridine rings is 1. The Morgan fingerprint density at radius 1 is 1.34 bits per heavy atom. The number of nitrogens with two attached hydrogens (primary N) is 1. The Morgan fingerprint density at radius 2 is 2.09 bits per heavy atom. The summed E-state index contributed by atoms with van der Waals surface area (Å²) in [5.74, 6) is -2.32. The molecule has 32 heavy (non-hydrogen) atoms. The van der Waals surface area contributed by atoms with E-state index in [1.165, 1.54) is 10.6 Å². The molecule has 0 spiro atoms. The average molecular weight is 472 g/mol. The molecule has 5 rings (SSSR count). The zero-order valence-electron chi connectivity index (χ0n) is 17.2. The maximum Gasteiger partial charge on any atom is 0.345 e. The third-order valence-electron chi connectivity index (χ3n) is 6.73. The summed E-state index contributed by atoms with van der Waals surface area (Å²) in [6.45, 7) is 0.654. The van der Waals surface area contributed by atoms with Gasteiger partial charge in [-0.15, -0.1) is 12.4 Å². The van der Waals surface area contributed by atoms with E-state index in [1.54, 1.807) is 0 Å². The number of aromatic carboxylic acids is 1. The first-order chi connectivity index (χ1) is 14.9. The number of aromatic nitrogens is 1. The molecular weight excluding hydrogens is 448 g/mol. The molecule has 3 aliphatic rings. The maximum atomic E-state index is 15.2. The number of hydrogen-bond donors (Lipinski definition) is 2. The summed E-state index contributed by atoms with van der Waals surface area (Å²) in [4.78, 5) is 26.5. The summed E-state index contributed by atoms with van der Waals surface area (Å²) in [7, 11) is 0. The quantitative estimate of drug-likeness (QED) is 0.666. The van der Waals surface area contributed by atoms with Crippen molar-refractivity contribution in [2.75, 3.05) is 38.0 Å². The lowest BCUT2D eigenvalue weighted by Gasteiger charge is -2.27. The molecule has 2 atom stereocenters. The van der Waals surface area contributed by atoms with Crippen LogP contribution in [0.2, 0.25) is 0 Å². The number of anilines is 1. The SMILES string of the molecule is Cl.NCC12CN(c3cc4c(cc3F)c(=O)c(C(=O)O)c(OCF)n4C3CC3)CC1CCO2. The second kappa shape index (κ2) is 8.17. The fourth-order valence-electron chi connectivity index (χ4n) is 5.06. The minimum atomic E-state index is -1.54. The molecule has 0 radical (unpaired) electrons. The highest BCUT2D eigenvalue weighted by Gasteiger charge is 2.50. The van der Waals surface area contributed by atoms with Crippen molar-refractivity contribution in [3.05, 3.63) is 33.7 Å². The van der Waals surface area contributed by atoms with Crippen LogP contribution in [0.25, 0.3) is 10.9 Å². The summed E-state index contributed by atoms with van der Waals surface area (Å²) in [6, 6.07) is 2.46. The van der Waals surface area contributed by atoms with Gasteiger partial charge in [-0.25, -0.2) is 13.6 Å². The molecule has 0 amide bonds. The second-order valence-electron chi connectivity index (χ2n) is 8.47. The Bertz CT molecular complexity index is 1140. The van der Waals surface area contributed by atoms with Gasteiger partial charge in [0.1, 0.15) is 11.4 Å². The van der Waals surface area contributed by atoms with Gasteiger partial charge in [0.25, 0.3) is 0 Å². The lowest BCUT2D eigenvalue weighted by atomic mass is 9.91. The van der Waals surface area contributed by atoms with E-state index < -0.39 is 35.2 Å². The van der Waals surface area contributed by atoms with Gasteiger partial charge in [0, 0.05) is 43.6 Å². The van der Waals surface area contributed by atoms with E-state index in [0.29, 0.717) is 31.8 Å². The number of carbonyl (C=O) groups is 1. The van der Waals surface area contributed by atoms with E-state index >= 15 is 4.39 Å². The molecule has 2 saturated heterocycles. The highest BCUT2D eigenvalue weighted by molar-refractivity contribution is 5.96. The first-order valence-electron chi connectivity index (χ1n) is 10.3. The topological polar surface area (TPSA) is 107 Å². The van der Waals surface area contributed by atoms with Crippen molar-refractivity contribution in [3.8, 4) is 5.88 Å². The number of halogens is 3. The molecule has 2 unspecified atom stereocenters. The van der Waals surface area contributed by atoms with Crippen LogP contribution in [0.3, 0.4) is 0 Å². The summed E-state index contributed by atoms with van der Waals surface area (Å²) in [5.41, 5.74) is 4.48. The van der Waals surface area contributed by atoms with Crippen LogP contribution in [0.1, 0.15) is 35.7 Å². The monoisotopic (exact) mass is 471 g/mol. The van der Waals surface area contributed by atoms with Crippen molar-refractivity contribution in [2.24, 2.45) is 11.7 Å². The molecule has 11 heteroatoms. The van der Waals surface area contributed by atoms with Crippen LogP contribution in [0.4, 0.5) is 14.5 Å². The van der Waals surface area contributed by atoms with Crippen molar-refractivity contribution >= 4 is 35.0 Å². The third-order valence-corrected chi connectivity index (χ3v) is 6.73. The first kappa shape index (κ1) is 22.8. The largest absolute Gasteiger partial charge is 0.477 e. The van der Waals surface area contributed by atoms with Crippen molar-refractivity contribution < 1.29 is 28.2 Å². The lowest BCUT2D eigenvalue weighted by molar-refractivity contribution is 0.0126. The van der Waals surface area contributed by atoms with Gasteiger partial charge in [-0.05, 0) is 31.4 Å². The normalized spacial score (nSPS) is 24.5. The Balaban J connectivity index is 0.00000245. The molecule has 8 nitrogen and oxygen atoms in total. The molecule has 3 fully saturated rings. The summed E-state index contributed by atoms with van der Waals surface area (Å²) in [6.07, 6.45) is 2.29. The average Bonchev–Trinajstić information content (AvgIpc) is 3.38. The molecule has 1 aliphatic carbocycles. The fraction of sp³-hybridized carbons (Fsp3) is 0.524. The van der Waals surface area contributed by atoms with E-state index in [-0.39, 0.29) is 41.3 Å². The zero-order valence-corrected chi connectivity index (χ0v) is 18.0. The minimum absolute atomic E-state index is 0. The van der Waals surface area contributed by atoms with Gasteiger partial charge in [0.05, 0.1) is 11.2 Å². The second-order valence-corrected chi connectivity index (χ2v) is 8.47. The van der Waals surface area contributed by atoms with Crippen LogP contribution in [0.15, 0.2) is 16.9 Å². The Labute approximate surface area is 188 Å². The standard InChI is InChI=1S/C21H23F2N3O5.ClH/c22-10-30-19-17(20(28)29)18(27)13-5-14(23)16(6-15(13)26(19)12-1-2-12)25-7-11-3-4-31-21(11,8-24)9-25;/h5-6,11-12H,1-4,7-10,24H2,(H,28,29);1H. The molecular formula is C21H24ClF2N3O5. The number of benzene rings is 1. The van der Waals surface area contributed by atoms with Gasteiger partial charge in [0.15, 0.2) is 5.56 Å². The first-order valence-corrected chi connectivity index (χ1v) is 10.3. The van der Waals surface area contributed by atoms with E-state index in [0.717, 1.165) is 25.3 Å². The predicted octanol–water partition coefficient (Wildman–Crippen LogP) is 2.46. The fourth-order valence-corrected chi connectivity index (χ4v) is 5.06. The number of alkyl halides is 1. The zero-order chi connectivity index (χ0) is 21.9. The van der Waals surface area contributed by atoms with Gasteiger partial charge >= 0.3 is 5.97 Å². The van der Waals surface area contributed by atoms with Crippen molar-refractivity contribution in [2.45, 2.75) is 30.9 Å². The number of rotatable bonds is 6. The van der Waals surface area contributed by atoms with Gasteiger partial charge < -0.3 is 29.8 Å².